The van der Waals surface area contributed by atoms with Crippen LogP contribution in [0.15, 0.2) is 0 Å². The molecular formula is C12H20F3NO2. The zero-order chi connectivity index (χ0) is 13.2. The third-order valence-corrected chi connectivity index (χ3v) is 3.80. The molecule has 0 aromatic rings. The van der Waals surface area contributed by atoms with Gasteiger partial charge in [-0.2, -0.15) is 0 Å². The average molecular weight is 267 g/mol. The second kappa shape index (κ2) is 5.35. The third-order valence-electron chi connectivity index (χ3n) is 3.80. The fourth-order valence-electron chi connectivity index (χ4n) is 2.68. The number of piperidine rings is 1. The molecule has 2 aliphatic rings. The Morgan fingerprint density at radius 3 is 2.28 bits per heavy atom. The summed E-state index contributed by atoms with van der Waals surface area (Å²) in [6.07, 6.45) is -1.91. The molecule has 6 heteroatoms. The van der Waals surface area contributed by atoms with Crippen LogP contribution in [-0.4, -0.2) is 50.7 Å². The molecule has 0 aromatic carbocycles. The molecule has 0 amide bonds. The summed E-state index contributed by atoms with van der Waals surface area (Å²) in [7, 11) is 1.70. The highest BCUT2D eigenvalue weighted by molar-refractivity contribution is 4.96. The normalized spacial score (nSPS) is 25.3. The molecule has 1 heterocycles. The number of ether oxygens (including phenoxy) is 2. The van der Waals surface area contributed by atoms with Gasteiger partial charge in [-0.15, -0.1) is 13.2 Å². The van der Waals surface area contributed by atoms with E-state index in [0.717, 1.165) is 13.2 Å². The molecule has 1 saturated heterocycles. The zero-order valence-electron chi connectivity index (χ0n) is 10.6. The molecule has 0 bridgehead atoms. The number of likely N-dealkylation sites (tertiary alicyclic amines) is 1. The predicted octanol–water partition coefficient (Wildman–Crippen LogP) is 2.41. The Morgan fingerprint density at radius 1 is 1.22 bits per heavy atom. The molecule has 0 N–H and O–H groups in total. The summed E-state index contributed by atoms with van der Waals surface area (Å²) >= 11 is 0. The molecule has 1 aliphatic heterocycles. The number of halogens is 3. The van der Waals surface area contributed by atoms with E-state index in [9.17, 15) is 13.2 Å². The third kappa shape index (κ3) is 4.10. The van der Waals surface area contributed by atoms with Gasteiger partial charge in [0.15, 0.2) is 0 Å². The van der Waals surface area contributed by atoms with Gasteiger partial charge in [0.25, 0.3) is 0 Å². The molecule has 106 valence electrons. The predicted molar refractivity (Wildman–Crippen MR) is 60.1 cm³/mol. The van der Waals surface area contributed by atoms with Crippen molar-refractivity contribution in [2.45, 2.75) is 38.1 Å². The van der Waals surface area contributed by atoms with Crippen LogP contribution in [0.1, 0.15) is 25.7 Å². The van der Waals surface area contributed by atoms with Gasteiger partial charge >= 0.3 is 6.36 Å². The maximum atomic E-state index is 12.1. The molecule has 1 saturated carbocycles. The molecule has 0 radical (unpaired) electrons. The molecule has 3 nitrogen and oxygen atoms in total. The lowest BCUT2D eigenvalue weighted by molar-refractivity contribution is -0.345. The van der Waals surface area contributed by atoms with Gasteiger partial charge in [-0.05, 0) is 25.7 Å². The maximum absolute atomic E-state index is 12.1. The van der Waals surface area contributed by atoms with Gasteiger partial charge in [0.1, 0.15) is 0 Å². The lowest BCUT2D eigenvalue weighted by atomic mass is 10.0. The molecule has 0 unspecified atom stereocenters. The Labute approximate surface area is 105 Å². The van der Waals surface area contributed by atoms with Crippen LogP contribution in [0.4, 0.5) is 13.2 Å². The number of nitrogens with zero attached hydrogens (tertiary/aromatic N) is 1. The van der Waals surface area contributed by atoms with E-state index in [0.29, 0.717) is 25.9 Å². The van der Waals surface area contributed by atoms with Gasteiger partial charge in [-0.1, -0.05) is 0 Å². The fraction of sp³-hybridized carbons (Fsp3) is 1.00. The van der Waals surface area contributed by atoms with Crippen molar-refractivity contribution in [3.8, 4) is 0 Å². The molecule has 2 fully saturated rings. The van der Waals surface area contributed by atoms with Crippen molar-refractivity contribution in [2.24, 2.45) is 5.41 Å². The van der Waals surface area contributed by atoms with E-state index in [2.05, 4.69) is 9.64 Å². The second-order valence-electron chi connectivity index (χ2n) is 5.47. The number of hydrogen-bond acceptors (Lipinski definition) is 3. The molecule has 0 atom stereocenters. The van der Waals surface area contributed by atoms with Crippen LogP contribution in [-0.2, 0) is 9.47 Å². The van der Waals surface area contributed by atoms with E-state index < -0.39 is 12.5 Å². The first-order valence-corrected chi connectivity index (χ1v) is 6.38. The molecule has 1 aliphatic carbocycles. The maximum Gasteiger partial charge on any atom is 0.522 e. The summed E-state index contributed by atoms with van der Waals surface area (Å²) in [6.45, 7) is 3.07. The van der Waals surface area contributed by atoms with E-state index in [1.54, 1.807) is 7.11 Å². The van der Waals surface area contributed by atoms with Crippen LogP contribution in [0.2, 0.25) is 0 Å². The number of rotatable bonds is 5. The summed E-state index contributed by atoms with van der Waals surface area (Å²) in [5, 5.41) is 0. The van der Waals surface area contributed by atoms with Gasteiger partial charge < -0.3 is 9.64 Å². The Bertz CT molecular complexity index is 271. The lowest BCUT2D eigenvalue weighted by Gasteiger charge is -2.34. The van der Waals surface area contributed by atoms with E-state index in [1.807, 2.05) is 0 Å². The summed E-state index contributed by atoms with van der Waals surface area (Å²) in [4.78, 5) is 2.24. The standard InChI is InChI=1S/C12H20F3NO2/c1-17-9-11(4-5-11)8-16-6-2-10(3-7-16)18-12(13,14)15/h10H,2-9H2,1H3. The molecular weight excluding hydrogens is 247 g/mol. The van der Waals surface area contributed by atoms with Crippen LogP contribution in [0, 0.1) is 5.41 Å². The lowest BCUT2D eigenvalue weighted by Crippen LogP contribution is -2.42. The summed E-state index contributed by atoms with van der Waals surface area (Å²) in [5.41, 5.74) is 0.270. The van der Waals surface area contributed by atoms with Crippen LogP contribution < -0.4 is 0 Å². The average Bonchev–Trinajstić information content (AvgIpc) is 3.00. The van der Waals surface area contributed by atoms with Gasteiger partial charge in [0.05, 0.1) is 12.7 Å². The fourth-order valence-corrected chi connectivity index (χ4v) is 2.68. The highest BCUT2D eigenvalue weighted by atomic mass is 19.4. The Balaban J connectivity index is 1.70. The first-order valence-electron chi connectivity index (χ1n) is 6.38. The number of hydrogen-bond donors (Lipinski definition) is 0. The second-order valence-corrected chi connectivity index (χ2v) is 5.47. The van der Waals surface area contributed by atoms with Crippen molar-refractivity contribution in [1.82, 2.24) is 4.90 Å². The SMILES string of the molecule is COCC1(CN2CCC(OC(F)(F)F)CC2)CC1. The van der Waals surface area contributed by atoms with Crippen molar-refractivity contribution in [3.05, 3.63) is 0 Å². The van der Waals surface area contributed by atoms with Gasteiger partial charge in [0, 0.05) is 32.2 Å². The quantitative estimate of drug-likeness (QED) is 0.763. The van der Waals surface area contributed by atoms with Crippen LogP contribution in [0.3, 0.4) is 0 Å². The molecule has 18 heavy (non-hydrogen) atoms. The van der Waals surface area contributed by atoms with Crippen molar-refractivity contribution in [1.29, 1.82) is 0 Å². The largest absolute Gasteiger partial charge is 0.522 e. The van der Waals surface area contributed by atoms with E-state index in [4.69, 9.17) is 4.74 Å². The van der Waals surface area contributed by atoms with Crippen LogP contribution in [0.25, 0.3) is 0 Å². The van der Waals surface area contributed by atoms with Gasteiger partial charge in [-0.3, -0.25) is 4.74 Å². The first kappa shape index (κ1) is 14.1. The molecule has 0 aromatic heterocycles. The minimum atomic E-state index is -4.50. The molecule has 2 rings (SSSR count). The zero-order valence-corrected chi connectivity index (χ0v) is 10.6. The number of methoxy groups -OCH3 is 1. The Morgan fingerprint density at radius 2 is 1.83 bits per heavy atom. The van der Waals surface area contributed by atoms with Crippen molar-refractivity contribution >= 4 is 0 Å². The molecule has 0 spiro atoms. The minimum absolute atomic E-state index is 0.270. The summed E-state index contributed by atoms with van der Waals surface area (Å²) in [5.74, 6) is 0. The van der Waals surface area contributed by atoms with E-state index >= 15 is 0 Å². The van der Waals surface area contributed by atoms with Gasteiger partial charge in [0.2, 0.25) is 0 Å². The van der Waals surface area contributed by atoms with Gasteiger partial charge in [-0.25, -0.2) is 0 Å². The Kier molecular flexibility index (Phi) is 4.18. The minimum Gasteiger partial charge on any atom is -0.384 e. The van der Waals surface area contributed by atoms with Crippen molar-refractivity contribution in [2.75, 3.05) is 33.4 Å². The van der Waals surface area contributed by atoms with Crippen molar-refractivity contribution < 1.29 is 22.6 Å². The first-order chi connectivity index (χ1) is 8.42. The topological polar surface area (TPSA) is 21.7 Å². The summed E-state index contributed by atoms with van der Waals surface area (Å²) in [6, 6.07) is 0. The van der Waals surface area contributed by atoms with E-state index in [-0.39, 0.29) is 5.41 Å². The summed E-state index contributed by atoms with van der Waals surface area (Å²) < 4.78 is 45.5. The van der Waals surface area contributed by atoms with E-state index in [1.165, 1.54) is 12.8 Å². The van der Waals surface area contributed by atoms with Crippen LogP contribution in [0.5, 0.6) is 0 Å². The number of alkyl halides is 3. The van der Waals surface area contributed by atoms with Crippen molar-refractivity contribution in [3.63, 3.8) is 0 Å². The smallest absolute Gasteiger partial charge is 0.384 e. The monoisotopic (exact) mass is 267 g/mol. The van der Waals surface area contributed by atoms with Crippen LogP contribution >= 0.6 is 0 Å². The highest BCUT2D eigenvalue weighted by Gasteiger charge is 2.44. The Hall–Kier alpha value is -0.330. The highest BCUT2D eigenvalue weighted by Crippen LogP contribution is 2.46.